The number of nitrogens with zero attached hydrogens (tertiary/aromatic N) is 3. The summed E-state index contributed by atoms with van der Waals surface area (Å²) < 4.78 is 5.46. The molecule has 1 fully saturated rings. The van der Waals surface area contributed by atoms with E-state index in [9.17, 15) is 4.79 Å². The minimum Gasteiger partial charge on any atom is -0.338 e. The van der Waals surface area contributed by atoms with Crippen LogP contribution in [-0.2, 0) is 11.3 Å². The number of hydrogen-bond donors (Lipinski definition) is 1. The SMILES string of the molecule is Cc1ccc(-c2noc(CN3CCC(C(=O)Nc4c(C)cc(C)cc4C)CC3)n2)cc1. The van der Waals surface area contributed by atoms with Crippen molar-refractivity contribution in [1.29, 1.82) is 0 Å². The molecule has 1 amide bonds. The number of nitrogens with one attached hydrogen (secondary N) is 1. The molecule has 6 heteroatoms. The Morgan fingerprint density at radius 1 is 1.03 bits per heavy atom. The summed E-state index contributed by atoms with van der Waals surface area (Å²) in [5.41, 5.74) is 6.55. The van der Waals surface area contributed by atoms with Gasteiger partial charge < -0.3 is 9.84 Å². The Morgan fingerprint density at radius 3 is 2.32 bits per heavy atom. The molecule has 31 heavy (non-hydrogen) atoms. The molecular formula is C25H30N4O2. The van der Waals surface area contributed by atoms with E-state index < -0.39 is 0 Å². The van der Waals surface area contributed by atoms with Gasteiger partial charge in [0, 0.05) is 17.2 Å². The average Bonchev–Trinajstić information content (AvgIpc) is 3.20. The molecule has 0 radical (unpaired) electrons. The van der Waals surface area contributed by atoms with Gasteiger partial charge in [-0.2, -0.15) is 4.98 Å². The van der Waals surface area contributed by atoms with Crippen LogP contribution in [0.25, 0.3) is 11.4 Å². The van der Waals surface area contributed by atoms with Crippen LogP contribution >= 0.6 is 0 Å². The maximum absolute atomic E-state index is 12.8. The molecule has 4 rings (SSSR count). The van der Waals surface area contributed by atoms with E-state index >= 15 is 0 Å². The highest BCUT2D eigenvalue weighted by molar-refractivity contribution is 5.94. The Kier molecular flexibility index (Phi) is 6.18. The van der Waals surface area contributed by atoms with Gasteiger partial charge in [-0.05, 0) is 64.8 Å². The minimum absolute atomic E-state index is 0.0298. The summed E-state index contributed by atoms with van der Waals surface area (Å²) in [5, 5.41) is 7.28. The number of carbonyl (C=O) groups is 1. The Bertz CT molecular complexity index is 1040. The predicted octanol–water partition coefficient (Wildman–Crippen LogP) is 4.82. The minimum atomic E-state index is 0.0298. The summed E-state index contributed by atoms with van der Waals surface area (Å²) in [7, 11) is 0. The predicted molar refractivity (Wildman–Crippen MR) is 122 cm³/mol. The number of likely N-dealkylation sites (tertiary alicyclic amines) is 1. The molecule has 0 aliphatic carbocycles. The van der Waals surface area contributed by atoms with Crippen molar-refractivity contribution in [3.63, 3.8) is 0 Å². The Morgan fingerprint density at radius 2 is 1.68 bits per heavy atom. The van der Waals surface area contributed by atoms with Crippen molar-refractivity contribution in [1.82, 2.24) is 15.0 Å². The number of amides is 1. The summed E-state index contributed by atoms with van der Waals surface area (Å²) in [6.45, 7) is 10.5. The van der Waals surface area contributed by atoms with Gasteiger partial charge >= 0.3 is 0 Å². The highest BCUT2D eigenvalue weighted by Gasteiger charge is 2.26. The van der Waals surface area contributed by atoms with E-state index in [-0.39, 0.29) is 11.8 Å². The number of anilines is 1. The van der Waals surface area contributed by atoms with Gasteiger partial charge in [0.2, 0.25) is 17.6 Å². The lowest BCUT2D eigenvalue weighted by atomic mass is 9.95. The summed E-state index contributed by atoms with van der Waals surface area (Å²) in [6, 6.07) is 12.3. The number of aryl methyl sites for hydroxylation is 4. The number of carbonyl (C=O) groups excluding carboxylic acids is 1. The number of benzene rings is 2. The molecule has 1 saturated heterocycles. The van der Waals surface area contributed by atoms with Crippen LogP contribution in [-0.4, -0.2) is 34.0 Å². The van der Waals surface area contributed by atoms with Crippen LogP contribution in [0.3, 0.4) is 0 Å². The standard InChI is InChI=1S/C25H30N4O2/c1-16-5-7-20(8-6-16)24-26-22(31-28-24)15-29-11-9-21(10-12-29)25(30)27-23-18(3)13-17(2)14-19(23)4/h5-8,13-14,21H,9-12,15H2,1-4H3,(H,27,30). The molecule has 0 unspecified atom stereocenters. The first-order valence-electron chi connectivity index (χ1n) is 10.9. The second-order valence-electron chi connectivity index (χ2n) is 8.69. The van der Waals surface area contributed by atoms with Gasteiger partial charge in [0.15, 0.2) is 0 Å². The topological polar surface area (TPSA) is 71.3 Å². The first kappa shape index (κ1) is 21.2. The molecule has 0 saturated carbocycles. The van der Waals surface area contributed by atoms with E-state index in [1.807, 2.05) is 38.1 Å². The summed E-state index contributed by atoms with van der Waals surface area (Å²) in [5.74, 6) is 1.38. The van der Waals surface area contributed by atoms with E-state index in [4.69, 9.17) is 4.52 Å². The molecule has 0 spiro atoms. The normalized spacial score (nSPS) is 15.2. The van der Waals surface area contributed by atoms with Crippen LogP contribution in [0.4, 0.5) is 5.69 Å². The van der Waals surface area contributed by atoms with Crippen LogP contribution in [0.5, 0.6) is 0 Å². The van der Waals surface area contributed by atoms with Crippen molar-refractivity contribution in [2.75, 3.05) is 18.4 Å². The maximum Gasteiger partial charge on any atom is 0.241 e. The van der Waals surface area contributed by atoms with Crippen LogP contribution in [0.1, 0.15) is 41.0 Å². The first-order chi connectivity index (χ1) is 14.9. The van der Waals surface area contributed by atoms with E-state index in [1.54, 1.807) is 0 Å². The van der Waals surface area contributed by atoms with Crippen molar-refractivity contribution in [3.05, 3.63) is 64.5 Å². The number of aromatic nitrogens is 2. The molecule has 0 atom stereocenters. The third-order valence-corrected chi connectivity index (χ3v) is 6.02. The fourth-order valence-corrected chi connectivity index (χ4v) is 4.29. The summed E-state index contributed by atoms with van der Waals surface area (Å²) in [4.78, 5) is 19.7. The Balaban J connectivity index is 1.31. The fraction of sp³-hybridized carbons (Fsp3) is 0.400. The van der Waals surface area contributed by atoms with Gasteiger partial charge in [-0.3, -0.25) is 9.69 Å². The molecule has 6 nitrogen and oxygen atoms in total. The number of piperidine rings is 1. The van der Waals surface area contributed by atoms with Crippen molar-refractivity contribution in [2.24, 2.45) is 5.92 Å². The molecule has 0 bridgehead atoms. The van der Waals surface area contributed by atoms with Gasteiger partial charge in [0.25, 0.3) is 0 Å². The largest absolute Gasteiger partial charge is 0.338 e. The van der Waals surface area contributed by atoms with Gasteiger partial charge in [0.05, 0.1) is 6.54 Å². The van der Waals surface area contributed by atoms with Gasteiger partial charge in [-0.1, -0.05) is 52.7 Å². The van der Waals surface area contributed by atoms with Crippen molar-refractivity contribution in [2.45, 2.75) is 47.1 Å². The van der Waals surface area contributed by atoms with E-state index in [1.165, 1.54) is 11.1 Å². The zero-order valence-corrected chi connectivity index (χ0v) is 18.7. The molecule has 1 aliphatic heterocycles. The van der Waals surface area contributed by atoms with Crippen LogP contribution in [0.2, 0.25) is 0 Å². The third-order valence-electron chi connectivity index (χ3n) is 6.02. The third kappa shape index (κ3) is 5.02. The lowest BCUT2D eigenvalue weighted by Gasteiger charge is -2.30. The van der Waals surface area contributed by atoms with Crippen LogP contribution < -0.4 is 5.32 Å². The van der Waals surface area contributed by atoms with Crippen molar-refractivity contribution >= 4 is 11.6 Å². The zero-order chi connectivity index (χ0) is 22.0. The lowest BCUT2D eigenvalue weighted by molar-refractivity contribution is -0.121. The van der Waals surface area contributed by atoms with E-state index in [2.05, 4.69) is 46.3 Å². The van der Waals surface area contributed by atoms with Crippen LogP contribution in [0.15, 0.2) is 40.9 Å². The Labute approximate surface area is 183 Å². The summed E-state index contributed by atoms with van der Waals surface area (Å²) in [6.07, 6.45) is 1.66. The quantitative estimate of drug-likeness (QED) is 0.643. The fourth-order valence-electron chi connectivity index (χ4n) is 4.29. The number of hydrogen-bond acceptors (Lipinski definition) is 5. The molecule has 1 aliphatic rings. The number of rotatable bonds is 5. The molecule has 1 N–H and O–H groups in total. The van der Waals surface area contributed by atoms with Crippen molar-refractivity contribution in [3.8, 4) is 11.4 Å². The second kappa shape index (κ2) is 9.02. The van der Waals surface area contributed by atoms with Crippen LogP contribution in [0, 0.1) is 33.6 Å². The molecular weight excluding hydrogens is 388 g/mol. The molecule has 2 heterocycles. The van der Waals surface area contributed by atoms with E-state index in [0.29, 0.717) is 18.3 Å². The monoisotopic (exact) mass is 418 g/mol. The second-order valence-corrected chi connectivity index (χ2v) is 8.69. The molecule has 1 aromatic heterocycles. The smallest absolute Gasteiger partial charge is 0.241 e. The van der Waals surface area contributed by atoms with Gasteiger partial charge in [-0.15, -0.1) is 0 Å². The van der Waals surface area contributed by atoms with Gasteiger partial charge in [-0.25, -0.2) is 0 Å². The average molecular weight is 419 g/mol. The van der Waals surface area contributed by atoms with Gasteiger partial charge in [0.1, 0.15) is 0 Å². The Hall–Kier alpha value is -2.99. The maximum atomic E-state index is 12.8. The molecule has 2 aromatic carbocycles. The molecule has 162 valence electrons. The highest BCUT2D eigenvalue weighted by Crippen LogP contribution is 2.25. The highest BCUT2D eigenvalue weighted by atomic mass is 16.5. The molecule has 3 aromatic rings. The summed E-state index contributed by atoms with van der Waals surface area (Å²) >= 11 is 0. The van der Waals surface area contributed by atoms with Crippen molar-refractivity contribution < 1.29 is 9.32 Å². The zero-order valence-electron chi connectivity index (χ0n) is 18.7. The van der Waals surface area contributed by atoms with E-state index in [0.717, 1.165) is 48.3 Å². The first-order valence-corrected chi connectivity index (χ1v) is 10.9. The lowest BCUT2D eigenvalue weighted by Crippen LogP contribution is -2.38.